The van der Waals surface area contributed by atoms with E-state index in [0.29, 0.717) is 6.07 Å². The smallest absolute Gasteiger partial charge is 0.320 e. The predicted molar refractivity (Wildman–Crippen MR) is 93.7 cm³/mol. The molecule has 160 valence electrons. The first-order valence-electron chi connectivity index (χ1n) is 8.42. The van der Waals surface area contributed by atoms with E-state index in [9.17, 15) is 30.7 Å². The molecule has 4 aromatic rings. The van der Waals surface area contributed by atoms with Gasteiger partial charge in [0.15, 0.2) is 5.65 Å². The summed E-state index contributed by atoms with van der Waals surface area (Å²) in [4.78, 5) is 3.74. The monoisotopic (exact) mass is 442 g/mol. The number of aromatic nitrogens is 5. The minimum Gasteiger partial charge on any atom is -0.320 e. The van der Waals surface area contributed by atoms with Crippen molar-refractivity contribution in [2.24, 2.45) is 0 Å². The van der Waals surface area contributed by atoms with Gasteiger partial charge in [-0.05, 0) is 30.3 Å². The molecule has 0 atom stereocenters. The SMILES string of the molecule is Fc1cccc(C(F)(F)F)c1Nc1nnc2cc(-c3ncccc3C(F)(F)F)cnn12. The summed E-state index contributed by atoms with van der Waals surface area (Å²) in [6.07, 6.45) is -7.33. The number of fused-ring (bicyclic) bond motifs is 1. The van der Waals surface area contributed by atoms with Crippen LogP contribution in [-0.2, 0) is 12.4 Å². The molecule has 0 saturated carbocycles. The van der Waals surface area contributed by atoms with Gasteiger partial charge in [-0.3, -0.25) is 4.98 Å². The maximum atomic E-state index is 14.1. The van der Waals surface area contributed by atoms with E-state index in [1.165, 1.54) is 12.3 Å². The van der Waals surface area contributed by atoms with Crippen molar-refractivity contribution in [2.75, 3.05) is 5.32 Å². The van der Waals surface area contributed by atoms with Crippen LogP contribution in [0.3, 0.4) is 0 Å². The van der Waals surface area contributed by atoms with E-state index in [1.54, 1.807) is 0 Å². The van der Waals surface area contributed by atoms with Crippen molar-refractivity contribution >= 4 is 17.3 Å². The molecule has 0 saturated heterocycles. The highest BCUT2D eigenvalue weighted by Crippen LogP contribution is 2.38. The summed E-state index contributed by atoms with van der Waals surface area (Å²) in [5, 5.41) is 13.4. The number of benzene rings is 1. The second-order valence-corrected chi connectivity index (χ2v) is 6.22. The summed E-state index contributed by atoms with van der Waals surface area (Å²) in [5.41, 5.74) is -3.70. The summed E-state index contributed by atoms with van der Waals surface area (Å²) in [5.74, 6) is -1.55. The topological polar surface area (TPSA) is 68.0 Å². The zero-order chi connectivity index (χ0) is 22.4. The Bertz CT molecular complexity index is 1260. The zero-order valence-corrected chi connectivity index (χ0v) is 15.0. The van der Waals surface area contributed by atoms with Crippen molar-refractivity contribution in [1.82, 2.24) is 24.8 Å². The molecule has 0 aliphatic rings. The number of nitrogens with one attached hydrogen (secondary N) is 1. The molecule has 6 nitrogen and oxygen atoms in total. The zero-order valence-electron chi connectivity index (χ0n) is 15.0. The molecule has 0 amide bonds. The van der Waals surface area contributed by atoms with Gasteiger partial charge in [-0.2, -0.15) is 36.0 Å². The third-order valence-electron chi connectivity index (χ3n) is 4.20. The van der Waals surface area contributed by atoms with E-state index in [1.807, 2.05) is 0 Å². The Morgan fingerprint density at radius 1 is 0.871 bits per heavy atom. The van der Waals surface area contributed by atoms with Crippen molar-refractivity contribution < 1.29 is 30.7 Å². The molecule has 13 heteroatoms. The van der Waals surface area contributed by atoms with E-state index in [2.05, 4.69) is 25.6 Å². The number of rotatable bonds is 3. The van der Waals surface area contributed by atoms with Crippen LogP contribution in [-0.4, -0.2) is 24.8 Å². The maximum Gasteiger partial charge on any atom is 0.418 e. The van der Waals surface area contributed by atoms with Gasteiger partial charge in [0.1, 0.15) is 5.82 Å². The van der Waals surface area contributed by atoms with Gasteiger partial charge < -0.3 is 5.32 Å². The average Bonchev–Trinajstić information content (AvgIpc) is 3.10. The Hall–Kier alpha value is -3.77. The van der Waals surface area contributed by atoms with Crippen molar-refractivity contribution in [2.45, 2.75) is 12.4 Å². The quantitative estimate of drug-likeness (QED) is 0.447. The lowest BCUT2D eigenvalue weighted by molar-refractivity contribution is -0.138. The van der Waals surface area contributed by atoms with Crippen LogP contribution in [0.15, 0.2) is 48.8 Å². The largest absolute Gasteiger partial charge is 0.418 e. The third kappa shape index (κ3) is 3.85. The molecule has 1 N–H and O–H groups in total. The normalized spacial score (nSPS) is 12.4. The van der Waals surface area contributed by atoms with Crippen LogP contribution in [0.1, 0.15) is 11.1 Å². The summed E-state index contributed by atoms with van der Waals surface area (Å²) in [7, 11) is 0. The first-order valence-corrected chi connectivity index (χ1v) is 8.42. The second kappa shape index (κ2) is 7.18. The predicted octanol–water partition coefficient (Wildman–Crippen LogP) is 5.11. The van der Waals surface area contributed by atoms with Gasteiger partial charge >= 0.3 is 12.4 Å². The Kier molecular flexibility index (Phi) is 4.75. The highest BCUT2D eigenvalue weighted by molar-refractivity contribution is 5.68. The number of hydrogen-bond donors (Lipinski definition) is 1. The van der Waals surface area contributed by atoms with E-state index in [4.69, 9.17) is 0 Å². The van der Waals surface area contributed by atoms with Gasteiger partial charge in [-0.1, -0.05) is 6.07 Å². The van der Waals surface area contributed by atoms with Gasteiger partial charge in [-0.15, -0.1) is 10.2 Å². The maximum absolute atomic E-state index is 14.1. The Balaban J connectivity index is 1.76. The Labute approximate surface area is 168 Å². The average molecular weight is 442 g/mol. The first-order chi connectivity index (χ1) is 14.6. The second-order valence-electron chi connectivity index (χ2n) is 6.22. The Morgan fingerprint density at radius 2 is 1.58 bits per heavy atom. The molecule has 0 unspecified atom stereocenters. The highest BCUT2D eigenvalue weighted by atomic mass is 19.4. The number of para-hydroxylation sites is 1. The van der Waals surface area contributed by atoms with Crippen molar-refractivity contribution in [3.63, 3.8) is 0 Å². The summed E-state index contributed by atoms with van der Waals surface area (Å²) >= 11 is 0. The fourth-order valence-electron chi connectivity index (χ4n) is 2.86. The summed E-state index contributed by atoms with van der Waals surface area (Å²) < 4.78 is 94.2. The van der Waals surface area contributed by atoms with E-state index >= 15 is 0 Å². The van der Waals surface area contributed by atoms with Crippen LogP contribution in [0.5, 0.6) is 0 Å². The number of hydrogen-bond acceptors (Lipinski definition) is 5. The molecule has 0 bridgehead atoms. The van der Waals surface area contributed by atoms with Gasteiger partial charge in [0, 0.05) is 11.8 Å². The van der Waals surface area contributed by atoms with Crippen LogP contribution in [0.4, 0.5) is 42.4 Å². The van der Waals surface area contributed by atoms with Gasteiger partial charge in [-0.25, -0.2) is 4.39 Å². The van der Waals surface area contributed by atoms with Crippen LogP contribution < -0.4 is 5.32 Å². The molecule has 0 fully saturated rings. The third-order valence-corrected chi connectivity index (χ3v) is 4.20. The van der Waals surface area contributed by atoms with Crippen LogP contribution in [0.25, 0.3) is 16.9 Å². The lowest BCUT2D eigenvalue weighted by Gasteiger charge is -2.14. The molecule has 0 spiro atoms. The number of nitrogens with zero attached hydrogens (tertiary/aromatic N) is 5. The van der Waals surface area contributed by atoms with E-state index < -0.39 is 40.7 Å². The molecule has 3 aromatic heterocycles. The van der Waals surface area contributed by atoms with Crippen molar-refractivity contribution in [3.05, 3.63) is 65.7 Å². The number of anilines is 2. The molecule has 0 aliphatic carbocycles. The molecule has 0 aliphatic heterocycles. The minimum atomic E-state index is -4.85. The summed E-state index contributed by atoms with van der Waals surface area (Å²) in [6, 6.07) is 5.56. The van der Waals surface area contributed by atoms with Crippen molar-refractivity contribution in [1.29, 1.82) is 0 Å². The van der Waals surface area contributed by atoms with Gasteiger partial charge in [0.25, 0.3) is 5.95 Å². The van der Waals surface area contributed by atoms with E-state index in [-0.39, 0.29) is 17.2 Å². The molecule has 0 radical (unpaired) electrons. The molecular weight excluding hydrogens is 433 g/mol. The van der Waals surface area contributed by atoms with Crippen molar-refractivity contribution in [3.8, 4) is 11.3 Å². The van der Waals surface area contributed by atoms with Gasteiger partial charge in [0.05, 0.1) is 28.7 Å². The Morgan fingerprint density at radius 3 is 2.29 bits per heavy atom. The lowest BCUT2D eigenvalue weighted by Crippen LogP contribution is -2.11. The highest BCUT2D eigenvalue weighted by Gasteiger charge is 2.36. The fourth-order valence-corrected chi connectivity index (χ4v) is 2.86. The molecule has 1 aromatic carbocycles. The van der Waals surface area contributed by atoms with Crippen LogP contribution >= 0.6 is 0 Å². The first kappa shape index (κ1) is 20.5. The fraction of sp³-hybridized carbons (Fsp3) is 0.111. The van der Waals surface area contributed by atoms with Crippen LogP contribution in [0, 0.1) is 5.82 Å². The molecule has 4 rings (SSSR count). The number of pyridine rings is 1. The van der Waals surface area contributed by atoms with Crippen LogP contribution in [0.2, 0.25) is 0 Å². The van der Waals surface area contributed by atoms with Gasteiger partial charge in [0.2, 0.25) is 0 Å². The molecule has 3 heterocycles. The molecule has 31 heavy (non-hydrogen) atoms. The van der Waals surface area contributed by atoms with E-state index in [0.717, 1.165) is 35.0 Å². The molecular formula is C18H9F7N6. The summed E-state index contributed by atoms with van der Waals surface area (Å²) in [6.45, 7) is 0. The number of alkyl halides is 6. The number of halogens is 7. The minimum absolute atomic E-state index is 0.0405. The lowest BCUT2D eigenvalue weighted by atomic mass is 10.1. The standard InChI is InChI=1S/C18H9F7N6/c19-12-5-1-3-11(18(23,24)25)15(12)28-16-30-29-13-7-9(8-27-31(13)16)14-10(17(20,21)22)4-2-6-26-14/h1-8H,(H,28,30).